The van der Waals surface area contributed by atoms with Gasteiger partial charge < -0.3 is 5.32 Å². The minimum absolute atomic E-state index is 0.00727. The summed E-state index contributed by atoms with van der Waals surface area (Å²) >= 11 is 0. The molecule has 0 aliphatic carbocycles. The monoisotopic (exact) mass is 339 g/mol. The van der Waals surface area contributed by atoms with Crippen LogP contribution in [0.5, 0.6) is 0 Å². The van der Waals surface area contributed by atoms with E-state index in [9.17, 15) is 4.79 Å². The lowest BCUT2D eigenvalue weighted by atomic mass is 10.0. The van der Waals surface area contributed by atoms with Crippen LogP contribution in [-0.2, 0) is 11.8 Å². The third-order valence-corrected chi connectivity index (χ3v) is 3.86. The molecule has 3 rings (SSSR count). The number of hydrogen-bond donors (Lipinski definition) is 1. The normalized spacial score (nSPS) is 12.4. The number of tetrazole rings is 1. The van der Waals surface area contributed by atoms with E-state index in [-0.39, 0.29) is 11.8 Å². The second kappa shape index (κ2) is 6.84. The molecule has 0 spiro atoms. The van der Waals surface area contributed by atoms with E-state index in [1.54, 1.807) is 11.7 Å². The van der Waals surface area contributed by atoms with E-state index in [4.69, 9.17) is 0 Å². The number of rotatable bonds is 5. The summed E-state index contributed by atoms with van der Waals surface area (Å²) in [6.07, 6.45) is 0. The van der Waals surface area contributed by atoms with Crippen molar-refractivity contribution in [3.05, 3.63) is 42.1 Å². The van der Waals surface area contributed by atoms with Crippen LogP contribution < -0.4 is 5.32 Å². The summed E-state index contributed by atoms with van der Waals surface area (Å²) in [5.74, 6) is 0.925. The fourth-order valence-electron chi connectivity index (χ4n) is 2.65. The van der Waals surface area contributed by atoms with E-state index in [0.29, 0.717) is 11.6 Å². The molecule has 3 aromatic rings. The zero-order chi connectivity index (χ0) is 18.0. The summed E-state index contributed by atoms with van der Waals surface area (Å²) in [5, 5.41) is 19.7. The zero-order valence-electron chi connectivity index (χ0n) is 14.7. The van der Waals surface area contributed by atoms with Gasteiger partial charge in [-0.3, -0.25) is 9.48 Å². The molecule has 130 valence electrons. The van der Waals surface area contributed by atoms with Crippen LogP contribution in [0, 0.1) is 12.8 Å². The van der Waals surface area contributed by atoms with Crippen molar-refractivity contribution in [2.45, 2.75) is 26.8 Å². The first-order chi connectivity index (χ1) is 12.0. The van der Waals surface area contributed by atoms with Gasteiger partial charge >= 0.3 is 0 Å². The average Bonchev–Trinajstić information content (AvgIpc) is 3.15. The summed E-state index contributed by atoms with van der Waals surface area (Å²) in [7, 11) is 1.79. The van der Waals surface area contributed by atoms with Crippen LogP contribution in [0.3, 0.4) is 0 Å². The summed E-state index contributed by atoms with van der Waals surface area (Å²) in [6, 6.07) is 10.8. The summed E-state index contributed by atoms with van der Waals surface area (Å²) < 4.78 is 1.63. The largest absolute Gasteiger partial charge is 0.309 e. The fourth-order valence-corrected chi connectivity index (χ4v) is 2.65. The Morgan fingerprint density at radius 2 is 1.88 bits per heavy atom. The van der Waals surface area contributed by atoms with Gasteiger partial charge in [-0.05, 0) is 18.1 Å². The number of carbonyl (C=O) groups is 1. The molecule has 1 amide bonds. The number of benzene rings is 1. The van der Waals surface area contributed by atoms with E-state index >= 15 is 0 Å². The molecule has 0 fully saturated rings. The fraction of sp³-hybridized carbons (Fsp3) is 0.353. The maximum atomic E-state index is 12.8. The van der Waals surface area contributed by atoms with Crippen LogP contribution in [0.1, 0.15) is 25.6 Å². The van der Waals surface area contributed by atoms with E-state index in [2.05, 4.69) is 25.8 Å². The first-order valence-corrected chi connectivity index (χ1v) is 8.12. The van der Waals surface area contributed by atoms with E-state index in [0.717, 1.165) is 11.3 Å². The Hall–Kier alpha value is -3.03. The molecule has 1 aromatic carbocycles. The number of aromatic nitrogens is 6. The molecule has 0 aliphatic rings. The third-order valence-electron chi connectivity index (χ3n) is 3.86. The highest BCUT2D eigenvalue weighted by Crippen LogP contribution is 2.20. The van der Waals surface area contributed by atoms with Crippen LogP contribution in [0.25, 0.3) is 11.4 Å². The quantitative estimate of drug-likeness (QED) is 0.770. The highest BCUT2D eigenvalue weighted by molar-refractivity contribution is 5.93. The van der Waals surface area contributed by atoms with Gasteiger partial charge in [0.1, 0.15) is 5.82 Å². The standard InChI is InChI=1S/C17H21N7O/c1-11(2)15(17(25)18-14-10-12(3)20-23(14)4)24-21-16(19-22-24)13-8-6-5-7-9-13/h5-11,15H,1-4H3,(H,18,25). The van der Waals surface area contributed by atoms with Gasteiger partial charge in [0.05, 0.1) is 5.69 Å². The van der Waals surface area contributed by atoms with Gasteiger partial charge in [0.25, 0.3) is 5.91 Å². The number of carbonyl (C=O) groups excluding carboxylic acids is 1. The third kappa shape index (κ3) is 3.57. The smallest absolute Gasteiger partial charge is 0.252 e. The highest BCUT2D eigenvalue weighted by Gasteiger charge is 2.28. The minimum Gasteiger partial charge on any atom is -0.309 e. The topological polar surface area (TPSA) is 90.5 Å². The Morgan fingerprint density at radius 1 is 1.16 bits per heavy atom. The number of aryl methyl sites for hydroxylation is 2. The SMILES string of the molecule is Cc1cc(NC(=O)C(C(C)C)n2nnc(-c3ccccc3)n2)n(C)n1. The van der Waals surface area contributed by atoms with Crippen LogP contribution in [0.4, 0.5) is 5.82 Å². The lowest BCUT2D eigenvalue weighted by Crippen LogP contribution is -2.32. The van der Waals surface area contributed by atoms with Crippen LogP contribution in [0.15, 0.2) is 36.4 Å². The molecule has 25 heavy (non-hydrogen) atoms. The van der Waals surface area contributed by atoms with Crippen LogP contribution in [0.2, 0.25) is 0 Å². The van der Waals surface area contributed by atoms with Crippen molar-refractivity contribution < 1.29 is 4.79 Å². The van der Waals surface area contributed by atoms with Crippen molar-refractivity contribution in [3.8, 4) is 11.4 Å². The molecule has 1 atom stereocenters. The number of nitrogens with zero attached hydrogens (tertiary/aromatic N) is 6. The molecule has 8 heteroatoms. The number of nitrogens with one attached hydrogen (secondary N) is 1. The molecule has 1 unspecified atom stereocenters. The number of hydrogen-bond acceptors (Lipinski definition) is 5. The Labute approximate surface area is 145 Å². The average molecular weight is 339 g/mol. The van der Waals surface area contributed by atoms with Crippen molar-refractivity contribution in [2.75, 3.05) is 5.32 Å². The van der Waals surface area contributed by atoms with Gasteiger partial charge in [-0.25, -0.2) is 0 Å². The molecule has 0 aliphatic heterocycles. The lowest BCUT2D eigenvalue weighted by molar-refractivity contribution is -0.121. The molecule has 1 N–H and O–H groups in total. The van der Waals surface area contributed by atoms with Gasteiger partial charge in [0, 0.05) is 18.7 Å². The molecule has 2 heterocycles. The Bertz CT molecular complexity index is 866. The van der Waals surface area contributed by atoms with Crippen molar-refractivity contribution in [2.24, 2.45) is 13.0 Å². The highest BCUT2D eigenvalue weighted by atomic mass is 16.2. The predicted molar refractivity (Wildman–Crippen MR) is 93.7 cm³/mol. The van der Waals surface area contributed by atoms with E-state index < -0.39 is 6.04 Å². The Balaban J connectivity index is 1.85. The second-order valence-corrected chi connectivity index (χ2v) is 6.27. The molecular weight excluding hydrogens is 318 g/mol. The van der Waals surface area contributed by atoms with E-state index in [1.165, 1.54) is 4.80 Å². The molecular formula is C17H21N7O. The maximum Gasteiger partial charge on any atom is 0.252 e. The summed E-state index contributed by atoms with van der Waals surface area (Å²) in [5.41, 5.74) is 1.70. The van der Waals surface area contributed by atoms with Gasteiger partial charge in [-0.2, -0.15) is 9.90 Å². The summed E-state index contributed by atoms with van der Waals surface area (Å²) in [4.78, 5) is 14.2. The van der Waals surface area contributed by atoms with Crippen molar-refractivity contribution >= 4 is 11.7 Å². The zero-order valence-corrected chi connectivity index (χ0v) is 14.7. The molecule has 0 radical (unpaired) electrons. The first-order valence-electron chi connectivity index (χ1n) is 8.12. The lowest BCUT2D eigenvalue weighted by Gasteiger charge is -2.18. The Kier molecular flexibility index (Phi) is 4.60. The van der Waals surface area contributed by atoms with Gasteiger partial charge in [0.15, 0.2) is 6.04 Å². The number of amides is 1. The van der Waals surface area contributed by atoms with Crippen LogP contribution >= 0.6 is 0 Å². The second-order valence-electron chi connectivity index (χ2n) is 6.27. The van der Waals surface area contributed by atoms with E-state index in [1.807, 2.05) is 57.2 Å². The summed E-state index contributed by atoms with van der Waals surface area (Å²) in [6.45, 7) is 5.77. The first kappa shape index (κ1) is 16.8. The molecule has 0 saturated heterocycles. The number of anilines is 1. The van der Waals surface area contributed by atoms with Gasteiger partial charge in [0.2, 0.25) is 5.82 Å². The molecule has 0 bridgehead atoms. The van der Waals surface area contributed by atoms with Crippen LogP contribution in [-0.4, -0.2) is 35.9 Å². The van der Waals surface area contributed by atoms with Gasteiger partial charge in [-0.15, -0.1) is 10.2 Å². The van der Waals surface area contributed by atoms with Crippen molar-refractivity contribution in [1.82, 2.24) is 30.0 Å². The van der Waals surface area contributed by atoms with Crippen molar-refractivity contribution in [1.29, 1.82) is 0 Å². The minimum atomic E-state index is -0.569. The molecule has 8 nitrogen and oxygen atoms in total. The van der Waals surface area contributed by atoms with Crippen molar-refractivity contribution in [3.63, 3.8) is 0 Å². The Morgan fingerprint density at radius 3 is 2.48 bits per heavy atom. The molecule has 2 aromatic heterocycles. The predicted octanol–water partition coefficient (Wildman–Crippen LogP) is 2.22. The molecule has 0 saturated carbocycles. The van der Waals surface area contributed by atoms with Gasteiger partial charge in [-0.1, -0.05) is 44.2 Å². The maximum absolute atomic E-state index is 12.8.